The van der Waals surface area contributed by atoms with E-state index in [1.165, 1.54) is 11.1 Å². The van der Waals surface area contributed by atoms with Crippen LogP contribution in [0.15, 0.2) is 22.8 Å². The predicted molar refractivity (Wildman–Crippen MR) is 62.6 cm³/mol. The number of rotatable bonds is 1. The molecular formula is C14H20O. The summed E-state index contributed by atoms with van der Waals surface area (Å²) < 4.78 is 0. The van der Waals surface area contributed by atoms with Gasteiger partial charge in [0, 0.05) is 11.8 Å². The molecule has 0 N–H and O–H groups in total. The van der Waals surface area contributed by atoms with Crippen LogP contribution in [0.25, 0.3) is 0 Å². The van der Waals surface area contributed by atoms with E-state index in [2.05, 4.69) is 19.9 Å². The third-order valence-corrected chi connectivity index (χ3v) is 4.13. The fourth-order valence-corrected chi connectivity index (χ4v) is 2.95. The van der Waals surface area contributed by atoms with E-state index < -0.39 is 0 Å². The second-order valence-corrected chi connectivity index (χ2v) is 5.09. The Hall–Kier alpha value is -0.850. The first-order chi connectivity index (χ1) is 7.09. The summed E-state index contributed by atoms with van der Waals surface area (Å²) >= 11 is 0. The van der Waals surface area contributed by atoms with E-state index in [0.29, 0.717) is 17.6 Å². The lowest BCUT2D eigenvalue weighted by molar-refractivity contribution is -0.121. The summed E-state index contributed by atoms with van der Waals surface area (Å²) in [7, 11) is 0. The molecule has 0 fully saturated rings. The zero-order chi connectivity index (χ0) is 11.0. The van der Waals surface area contributed by atoms with Gasteiger partial charge in [-0.3, -0.25) is 4.79 Å². The van der Waals surface area contributed by atoms with E-state index in [9.17, 15) is 4.79 Å². The van der Waals surface area contributed by atoms with Crippen molar-refractivity contribution in [1.82, 2.24) is 0 Å². The van der Waals surface area contributed by atoms with Crippen molar-refractivity contribution in [1.29, 1.82) is 0 Å². The molecule has 0 aliphatic heterocycles. The van der Waals surface area contributed by atoms with E-state index in [1.54, 1.807) is 12.5 Å². The predicted octanol–water partition coefficient (Wildman–Crippen LogP) is 3.66. The van der Waals surface area contributed by atoms with Crippen LogP contribution in [0.3, 0.4) is 0 Å². The van der Waals surface area contributed by atoms with Gasteiger partial charge in [-0.05, 0) is 46.5 Å². The Balaban J connectivity index is 2.25. The highest BCUT2D eigenvalue weighted by atomic mass is 16.1. The zero-order valence-corrected chi connectivity index (χ0v) is 9.97. The molecule has 2 aliphatic rings. The van der Waals surface area contributed by atoms with Gasteiger partial charge in [0.15, 0.2) is 0 Å². The molecule has 0 aromatic carbocycles. The van der Waals surface area contributed by atoms with Gasteiger partial charge >= 0.3 is 0 Å². The Morgan fingerprint density at radius 2 is 2.13 bits per heavy atom. The van der Waals surface area contributed by atoms with Crippen LogP contribution in [-0.4, -0.2) is 5.78 Å². The average Bonchev–Trinajstić information content (AvgIpc) is 2.43. The highest BCUT2D eigenvalue weighted by molar-refractivity contribution is 5.78. The van der Waals surface area contributed by atoms with Crippen LogP contribution in [0, 0.1) is 11.8 Å². The van der Waals surface area contributed by atoms with Gasteiger partial charge in [-0.2, -0.15) is 0 Å². The van der Waals surface area contributed by atoms with Crippen molar-refractivity contribution in [2.24, 2.45) is 11.8 Å². The van der Waals surface area contributed by atoms with Crippen LogP contribution in [0.5, 0.6) is 0 Å². The number of fused-ring (bicyclic) bond motifs is 1. The van der Waals surface area contributed by atoms with Gasteiger partial charge in [0.05, 0.1) is 0 Å². The van der Waals surface area contributed by atoms with Crippen LogP contribution >= 0.6 is 0 Å². The lowest BCUT2D eigenvalue weighted by Crippen LogP contribution is -2.14. The first kappa shape index (κ1) is 10.7. The van der Waals surface area contributed by atoms with Gasteiger partial charge in [-0.15, -0.1) is 0 Å². The van der Waals surface area contributed by atoms with E-state index in [0.717, 1.165) is 25.7 Å². The molecule has 2 atom stereocenters. The third-order valence-electron chi connectivity index (χ3n) is 4.13. The summed E-state index contributed by atoms with van der Waals surface area (Å²) in [5.74, 6) is 1.26. The highest BCUT2D eigenvalue weighted by Gasteiger charge is 2.30. The van der Waals surface area contributed by atoms with E-state index in [4.69, 9.17) is 0 Å². The second kappa shape index (κ2) is 3.96. The first-order valence-electron chi connectivity index (χ1n) is 5.95. The summed E-state index contributed by atoms with van der Waals surface area (Å²) in [6.07, 6.45) is 6.72. The van der Waals surface area contributed by atoms with Crippen molar-refractivity contribution in [3.63, 3.8) is 0 Å². The molecule has 0 heterocycles. The normalized spacial score (nSPS) is 31.0. The van der Waals surface area contributed by atoms with E-state index in [1.807, 2.05) is 0 Å². The van der Waals surface area contributed by atoms with Crippen LogP contribution < -0.4 is 0 Å². The van der Waals surface area contributed by atoms with E-state index >= 15 is 0 Å². The largest absolute Gasteiger partial charge is 0.300 e. The molecule has 0 aromatic heterocycles. The summed E-state index contributed by atoms with van der Waals surface area (Å²) in [6, 6.07) is 0. The molecule has 0 radical (unpaired) electrons. The van der Waals surface area contributed by atoms with Gasteiger partial charge in [-0.25, -0.2) is 0 Å². The minimum absolute atomic E-state index is 0.295. The second-order valence-electron chi connectivity index (χ2n) is 5.09. The molecule has 2 aliphatic carbocycles. The first-order valence-corrected chi connectivity index (χ1v) is 5.95. The van der Waals surface area contributed by atoms with Crippen molar-refractivity contribution in [3.8, 4) is 0 Å². The Kier molecular flexibility index (Phi) is 2.81. The molecule has 2 unspecified atom stereocenters. The van der Waals surface area contributed by atoms with Crippen LogP contribution in [0.2, 0.25) is 0 Å². The molecule has 0 amide bonds. The molecule has 2 rings (SSSR count). The standard InChI is InChI=1S/C14H20O/c1-9-4-6-12(11(3)15)8-14-10(2)5-7-13(9)14/h5,12,14H,4,6-8H2,1-3H3. The number of carbonyl (C=O) groups excluding carboxylic acids is 1. The fourth-order valence-electron chi connectivity index (χ4n) is 2.95. The van der Waals surface area contributed by atoms with Gasteiger partial charge in [0.25, 0.3) is 0 Å². The number of allylic oxidation sites excluding steroid dienone is 4. The summed E-state index contributed by atoms with van der Waals surface area (Å²) in [5.41, 5.74) is 4.63. The van der Waals surface area contributed by atoms with Crippen LogP contribution in [-0.2, 0) is 4.79 Å². The Morgan fingerprint density at radius 3 is 2.80 bits per heavy atom. The number of hydrogen-bond acceptors (Lipinski definition) is 1. The molecular weight excluding hydrogens is 184 g/mol. The molecule has 0 bridgehead atoms. The smallest absolute Gasteiger partial charge is 0.132 e. The summed E-state index contributed by atoms with van der Waals surface area (Å²) in [6.45, 7) is 6.21. The van der Waals surface area contributed by atoms with Gasteiger partial charge in [0.1, 0.15) is 5.78 Å². The van der Waals surface area contributed by atoms with Crippen molar-refractivity contribution in [2.75, 3.05) is 0 Å². The van der Waals surface area contributed by atoms with Gasteiger partial charge < -0.3 is 0 Å². The monoisotopic (exact) mass is 204 g/mol. The molecule has 0 spiro atoms. The maximum atomic E-state index is 11.5. The SMILES string of the molecule is CC(=O)C1CCC(C)=C2CC=C(C)C2C1. The Morgan fingerprint density at radius 1 is 1.40 bits per heavy atom. The molecule has 0 aromatic rings. The van der Waals surface area contributed by atoms with E-state index in [-0.39, 0.29) is 0 Å². The number of ketones is 1. The quantitative estimate of drug-likeness (QED) is 0.596. The van der Waals surface area contributed by atoms with Gasteiger partial charge in [-0.1, -0.05) is 22.8 Å². The molecule has 0 saturated carbocycles. The van der Waals surface area contributed by atoms with Crippen molar-refractivity contribution >= 4 is 5.78 Å². The van der Waals surface area contributed by atoms with Crippen LogP contribution in [0.1, 0.15) is 46.5 Å². The van der Waals surface area contributed by atoms with Gasteiger partial charge in [0.2, 0.25) is 0 Å². The maximum absolute atomic E-state index is 11.5. The number of hydrogen-bond donors (Lipinski definition) is 0. The Labute approximate surface area is 92.3 Å². The van der Waals surface area contributed by atoms with Crippen molar-refractivity contribution < 1.29 is 4.79 Å². The third kappa shape index (κ3) is 1.92. The molecule has 1 nitrogen and oxygen atoms in total. The minimum atomic E-state index is 0.295. The van der Waals surface area contributed by atoms with Crippen molar-refractivity contribution in [3.05, 3.63) is 22.8 Å². The average molecular weight is 204 g/mol. The Bertz CT molecular complexity index is 346. The topological polar surface area (TPSA) is 17.1 Å². The van der Waals surface area contributed by atoms with Crippen LogP contribution in [0.4, 0.5) is 0 Å². The molecule has 82 valence electrons. The number of carbonyl (C=O) groups is 1. The highest BCUT2D eigenvalue weighted by Crippen LogP contribution is 2.42. The fraction of sp³-hybridized carbons (Fsp3) is 0.643. The molecule has 15 heavy (non-hydrogen) atoms. The zero-order valence-electron chi connectivity index (χ0n) is 9.97. The van der Waals surface area contributed by atoms with Crippen molar-refractivity contribution in [2.45, 2.75) is 46.5 Å². The lowest BCUT2D eigenvalue weighted by atomic mass is 9.86. The summed E-state index contributed by atoms with van der Waals surface area (Å²) in [5, 5.41) is 0. The minimum Gasteiger partial charge on any atom is -0.300 e. The number of Topliss-reactive ketones (excluding diaryl/α,β-unsaturated/α-hetero) is 1. The maximum Gasteiger partial charge on any atom is 0.132 e. The summed E-state index contributed by atoms with van der Waals surface area (Å²) in [4.78, 5) is 11.5. The lowest BCUT2D eigenvalue weighted by Gasteiger charge is -2.17. The molecule has 1 heteroatoms. The molecule has 0 saturated heterocycles.